The normalized spacial score (nSPS) is 13.4. The first-order chi connectivity index (χ1) is 10.4. The highest BCUT2D eigenvalue weighted by Crippen LogP contribution is 2.37. The molecule has 0 amide bonds. The van der Waals surface area contributed by atoms with Crippen molar-refractivity contribution in [2.75, 3.05) is 21.1 Å². The maximum atomic E-state index is 10.1. The van der Waals surface area contributed by atoms with Gasteiger partial charge in [0.15, 0.2) is 0 Å². The maximum Gasteiger partial charge on any atom is 0.113 e. The predicted octanol–water partition coefficient (Wildman–Crippen LogP) is 3.98. The molecule has 1 atom stereocenters. The van der Waals surface area contributed by atoms with Gasteiger partial charge in [0.2, 0.25) is 0 Å². The van der Waals surface area contributed by atoms with Gasteiger partial charge < -0.3 is 4.48 Å². The number of quaternary nitrogens is 1. The Labute approximate surface area is 134 Å². The fourth-order valence-electron chi connectivity index (χ4n) is 2.74. The van der Waals surface area contributed by atoms with E-state index in [0.717, 1.165) is 22.0 Å². The summed E-state index contributed by atoms with van der Waals surface area (Å²) in [4.78, 5) is 0. The molecule has 0 N–H and O–H groups in total. The second kappa shape index (κ2) is 6.34. The molecular weight excluding hydrogens is 268 g/mol. The van der Waals surface area contributed by atoms with Gasteiger partial charge in [-0.05, 0) is 18.1 Å². The number of benzene rings is 2. The Balaban J connectivity index is 2.57. The smallest absolute Gasteiger partial charge is 0.113 e. The van der Waals surface area contributed by atoms with E-state index >= 15 is 0 Å². The molecule has 0 heterocycles. The van der Waals surface area contributed by atoms with Crippen LogP contribution in [-0.2, 0) is 5.41 Å². The standard InChI is InChI=1S/C20H25N2/c1-17(22(2,3)4)15-20(16-21,18-11-7-5-8-12-18)19-13-9-6-10-14-19/h5-14,17H,15H2,1-4H3/q+1. The van der Waals surface area contributed by atoms with Gasteiger partial charge in [-0.3, -0.25) is 0 Å². The quantitative estimate of drug-likeness (QED) is 0.765. The van der Waals surface area contributed by atoms with Gasteiger partial charge in [-0.1, -0.05) is 60.7 Å². The van der Waals surface area contributed by atoms with E-state index in [1.165, 1.54) is 0 Å². The minimum atomic E-state index is -0.604. The molecule has 0 fully saturated rings. The average Bonchev–Trinajstić information content (AvgIpc) is 2.53. The van der Waals surface area contributed by atoms with Gasteiger partial charge in [-0.15, -0.1) is 0 Å². The number of hydrogen-bond donors (Lipinski definition) is 0. The first kappa shape index (κ1) is 16.3. The second-order valence-electron chi connectivity index (χ2n) is 6.92. The summed E-state index contributed by atoms with van der Waals surface area (Å²) in [6.45, 7) is 2.22. The first-order valence-corrected chi connectivity index (χ1v) is 7.73. The molecule has 2 rings (SSSR count). The van der Waals surface area contributed by atoms with Gasteiger partial charge >= 0.3 is 0 Å². The number of nitrogens with zero attached hydrogens (tertiary/aromatic N) is 2. The van der Waals surface area contributed by atoms with Crippen molar-refractivity contribution in [3.05, 3.63) is 71.8 Å². The van der Waals surface area contributed by atoms with E-state index in [0.29, 0.717) is 6.04 Å². The molecule has 2 nitrogen and oxygen atoms in total. The molecule has 0 aliphatic heterocycles. The molecule has 0 aromatic heterocycles. The molecule has 0 aliphatic carbocycles. The van der Waals surface area contributed by atoms with E-state index in [1.54, 1.807) is 0 Å². The summed E-state index contributed by atoms with van der Waals surface area (Å²) in [5, 5.41) is 10.1. The third kappa shape index (κ3) is 3.21. The zero-order chi connectivity index (χ0) is 16.2. The van der Waals surface area contributed by atoms with E-state index in [9.17, 15) is 5.26 Å². The van der Waals surface area contributed by atoms with Crippen LogP contribution in [0.2, 0.25) is 0 Å². The van der Waals surface area contributed by atoms with Crippen molar-refractivity contribution in [2.24, 2.45) is 0 Å². The van der Waals surface area contributed by atoms with Crippen LogP contribution >= 0.6 is 0 Å². The number of rotatable bonds is 5. The topological polar surface area (TPSA) is 23.8 Å². The third-order valence-electron chi connectivity index (χ3n) is 4.65. The zero-order valence-electron chi connectivity index (χ0n) is 14.0. The Morgan fingerprint density at radius 1 is 0.909 bits per heavy atom. The minimum Gasteiger partial charge on any atom is -0.329 e. The second-order valence-corrected chi connectivity index (χ2v) is 6.92. The van der Waals surface area contributed by atoms with Crippen LogP contribution in [0.4, 0.5) is 0 Å². The molecule has 114 valence electrons. The Bertz CT molecular complexity index is 593. The van der Waals surface area contributed by atoms with E-state index in [2.05, 4.69) is 58.4 Å². The van der Waals surface area contributed by atoms with Gasteiger partial charge in [0.05, 0.1) is 33.3 Å². The Morgan fingerprint density at radius 3 is 1.64 bits per heavy atom. The summed E-state index contributed by atoms with van der Waals surface area (Å²) >= 11 is 0. The van der Waals surface area contributed by atoms with Crippen LogP contribution in [0.15, 0.2) is 60.7 Å². The van der Waals surface area contributed by atoms with E-state index in [4.69, 9.17) is 0 Å². The lowest BCUT2D eigenvalue weighted by atomic mass is 9.71. The van der Waals surface area contributed by atoms with Crippen molar-refractivity contribution in [3.63, 3.8) is 0 Å². The SMILES string of the molecule is CC(CC(C#N)(c1ccccc1)c1ccccc1)[N+](C)(C)C. The summed E-state index contributed by atoms with van der Waals surface area (Å²) in [5.74, 6) is 0. The molecule has 0 saturated carbocycles. The molecule has 0 saturated heterocycles. The first-order valence-electron chi connectivity index (χ1n) is 7.73. The highest BCUT2D eigenvalue weighted by molar-refractivity contribution is 5.45. The molecule has 0 radical (unpaired) electrons. The molecule has 0 bridgehead atoms. The van der Waals surface area contributed by atoms with Gasteiger partial charge in [0, 0.05) is 6.42 Å². The van der Waals surface area contributed by atoms with E-state index < -0.39 is 5.41 Å². The lowest BCUT2D eigenvalue weighted by molar-refractivity contribution is -0.894. The summed E-state index contributed by atoms with van der Waals surface area (Å²) in [6.07, 6.45) is 0.793. The van der Waals surface area contributed by atoms with Crippen LogP contribution in [0.5, 0.6) is 0 Å². The molecule has 0 aliphatic rings. The number of nitriles is 1. The van der Waals surface area contributed by atoms with Crippen LogP contribution in [0.25, 0.3) is 0 Å². The van der Waals surface area contributed by atoms with Crippen LogP contribution in [-0.4, -0.2) is 31.7 Å². The Kier molecular flexibility index (Phi) is 4.68. The highest BCUT2D eigenvalue weighted by atomic mass is 15.3. The van der Waals surface area contributed by atoms with Crippen molar-refractivity contribution in [3.8, 4) is 6.07 Å². The lowest BCUT2D eigenvalue weighted by Gasteiger charge is -2.37. The van der Waals surface area contributed by atoms with Crippen molar-refractivity contribution in [1.29, 1.82) is 5.26 Å². The minimum absolute atomic E-state index is 0.361. The van der Waals surface area contributed by atoms with Gasteiger partial charge in [-0.25, -0.2) is 0 Å². The maximum absolute atomic E-state index is 10.1. The highest BCUT2D eigenvalue weighted by Gasteiger charge is 2.39. The summed E-state index contributed by atoms with van der Waals surface area (Å²) < 4.78 is 0.836. The summed E-state index contributed by atoms with van der Waals surface area (Å²) in [6, 6.07) is 23.3. The molecule has 22 heavy (non-hydrogen) atoms. The van der Waals surface area contributed by atoms with Gasteiger partial charge in [0.25, 0.3) is 0 Å². The van der Waals surface area contributed by atoms with Gasteiger partial charge in [-0.2, -0.15) is 5.26 Å². The largest absolute Gasteiger partial charge is 0.329 e. The molecule has 1 unspecified atom stereocenters. The summed E-state index contributed by atoms with van der Waals surface area (Å²) in [5.41, 5.74) is 1.54. The van der Waals surface area contributed by atoms with E-state index in [1.807, 2.05) is 36.4 Å². The fourth-order valence-corrected chi connectivity index (χ4v) is 2.74. The van der Waals surface area contributed by atoms with Crippen molar-refractivity contribution in [2.45, 2.75) is 24.8 Å². The monoisotopic (exact) mass is 293 g/mol. The van der Waals surface area contributed by atoms with Crippen LogP contribution in [0.3, 0.4) is 0 Å². The third-order valence-corrected chi connectivity index (χ3v) is 4.65. The molecule has 2 aromatic rings. The van der Waals surface area contributed by atoms with Crippen LogP contribution < -0.4 is 0 Å². The van der Waals surface area contributed by atoms with Crippen LogP contribution in [0.1, 0.15) is 24.5 Å². The zero-order valence-corrected chi connectivity index (χ0v) is 14.0. The van der Waals surface area contributed by atoms with Gasteiger partial charge in [0.1, 0.15) is 5.41 Å². The van der Waals surface area contributed by atoms with Crippen LogP contribution in [0, 0.1) is 11.3 Å². The number of hydrogen-bond acceptors (Lipinski definition) is 1. The van der Waals surface area contributed by atoms with E-state index in [-0.39, 0.29) is 0 Å². The fraction of sp³-hybridized carbons (Fsp3) is 0.350. The molecule has 2 heteroatoms. The Hall–Kier alpha value is -2.11. The van der Waals surface area contributed by atoms with Crippen molar-refractivity contribution in [1.82, 2.24) is 0 Å². The average molecular weight is 293 g/mol. The predicted molar refractivity (Wildman–Crippen MR) is 91.4 cm³/mol. The van der Waals surface area contributed by atoms with Crippen molar-refractivity contribution >= 4 is 0 Å². The summed E-state index contributed by atoms with van der Waals surface area (Å²) in [7, 11) is 6.55. The lowest BCUT2D eigenvalue weighted by Crippen LogP contribution is -2.47. The molecule has 2 aromatic carbocycles. The molecular formula is C20H25N2+. The Morgan fingerprint density at radius 2 is 1.32 bits per heavy atom. The molecule has 0 spiro atoms. The van der Waals surface area contributed by atoms with Crippen molar-refractivity contribution < 1.29 is 4.48 Å².